The Kier molecular flexibility index (Phi) is 7.21. The Hall–Kier alpha value is -4.05. The van der Waals surface area contributed by atoms with Gasteiger partial charge in [-0.25, -0.2) is 14.5 Å². The van der Waals surface area contributed by atoms with Crippen LogP contribution in [0.4, 0.5) is 17.2 Å². The lowest BCUT2D eigenvalue weighted by atomic mass is 10.1. The third-order valence-corrected chi connectivity index (χ3v) is 5.53. The molecule has 2 N–H and O–H groups in total. The Morgan fingerprint density at radius 3 is 2.49 bits per heavy atom. The quantitative estimate of drug-likeness (QED) is 0.313. The highest BCUT2D eigenvalue weighted by Crippen LogP contribution is 2.25. The standard InChI is InChI=1S/C25H23BrN6O3/c1-4-35-24(34)20-14-27-25(32-16(3)13-15(2)31-32)30-22(20)29-21-8-6-5-7-19(21)23(33)28-18-11-9-17(26)10-12-18/h5-14H,4H2,1-3H3,(H,28,33)(H,27,29,30). The average Bonchev–Trinajstić information content (AvgIpc) is 3.18. The summed E-state index contributed by atoms with van der Waals surface area (Å²) in [6.45, 7) is 5.68. The van der Waals surface area contributed by atoms with Crippen LogP contribution in [0, 0.1) is 13.8 Å². The molecular weight excluding hydrogens is 512 g/mol. The Morgan fingerprint density at radius 1 is 1.06 bits per heavy atom. The van der Waals surface area contributed by atoms with Gasteiger partial charge < -0.3 is 15.4 Å². The molecule has 0 bridgehead atoms. The predicted molar refractivity (Wildman–Crippen MR) is 136 cm³/mol. The first-order chi connectivity index (χ1) is 16.9. The number of halogens is 1. The molecule has 0 spiro atoms. The number of nitrogens with one attached hydrogen (secondary N) is 2. The minimum Gasteiger partial charge on any atom is -0.462 e. The monoisotopic (exact) mass is 534 g/mol. The van der Waals surface area contributed by atoms with Gasteiger partial charge in [-0.3, -0.25) is 4.79 Å². The molecule has 9 nitrogen and oxygen atoms in total. The number of rotatable bonds is 7. The van der Waals surface area contributed by atoms with Gasteiger partial charge in [0.15, 0.2) is 5.82 Å². The van der Waals surface area contributed by atoms with E-state index in [2.05, 4.69) is 41.6 Å². The Labute approximate surface area is 210 Å². The zero-order valence-corrected chi connectivity index (χ0v) is 21.0. The van der Waals surface area contributed by atoms with Crippen molar-refractivity contribution < 1.29 is 14.3 Å². The number of anilines is 3. The maximum atomic E-state index is 13.1. The van der Waals surface area contributed by atoms with Crippen molar-refractivity contribution in [1.29, 1.82) is 0 Å². The van der Waals surface area contributed by atoms with Gasteiger partial charge in [0.1, 0.15) is 5.56 Å². The van der Waals surface area contributed by atoms with E-state index in [1.165, 1.54) is 6.20 Å². The number of hydrogen-bond acceptors (Lipinski definition) is 7. The molecule has 0 saturated heterocycles. The summed E-state index contributed by atoms with van der Waals surface area (Å²) < 4.78 is 7.68. The van der Waals surface area contributed by atoms with Gasteiger partial charge >= 0.3 is 5.97 Å². The molecule has 4 rings (SSSR count). The highest BCUT2D eigenvalue weighted by Gasteiger charge is 2.20. The molecule has 2 aromatic heterocycles. The molecule has 0 radical (unpaired) electrons. The lowest BCUT2D eigenvalue weighted by Crippen LogP contribution is -2.16. The highest BCUT2D eigenvalue weighted by atomic mass is 79.9. The fourth-order valence-electron chi connectivity index (χ4n) is 3.41. The number of aromatic nitrogens is 4. The number of benzene rings is 2. The summed E-state index contributed by atoms with van der Waals surface area (Å²) in [6.07, 6.45) is 1.39. The number of para-hydroxylation sites is 1. The molecule has 2 aromatic carbocycles. The van der Waals surface area contributed by atoms with Crippen LogP contribution < -0.4 is 10.6 Å². The Bertz CT molecular complexity index is 1380. The number of carbonyl (C=O) groups excluding carboxylic acids is 2. The van der Waals surface area contributed by atoms with E-state index in [4.69, 9.17) is 4.74 Å². The van der Waals surface area contributed by atoms with E-state index in [0.717, 1.165) is 15.9 Å². The van der Waals surface area contributed by atoms with Crippen LogP contribution in [0.15, 0.2) is 65.3 Å². The van der Waals surface area contributed by atoms with Crippen molar-refractivity contribution in [3.63, 3.8) is 0 Å². The van der Waals surface area contributed by atoms with Crippen LogP contribution in [0.5, 0.6) is 0 Å². The summed E-state index contributed by atoms with van der Waals surface area (Å²) >= 11 is 3.38. The number of nitrogens with zero attached hydrogens (tertiary/aromatic N) is 4. The summed E-state index contributed by atoms with van der Waals surface area (Å²) in [7, 11) is 0. The van der Waals surface area contributed by atoms with E-state index in [0.29, 0.717) is 16.9 Å². The lowest BCUT2D eigenvalue weighted by molar-refractivity contribution is 0.0526. The average molecular weight is 535 g/mol. The molecule has 2 heterocycles. The van der Waals surface area contributed by atoms with Crippen LogP contribution in [0.2, 0.25) is 0 Å². The summed E-state index contributed by atoms with van der Waals surface area (Å²) in [5, 5.41) is 10.4. The van der Waals surface area contributed by atoms with Gasteiger partial charge in [-0.2, -0.15) is 10.1 Å². The molecular formula is C25H23BrN6O3. The normalized spacial score (nSPS) is 10.6. The minimum atomic E-state index is -0.577. The zero-order valence-electron chi connectivity index (χ0n) is 19.4. The van der Waals surface area contributed by atoms with Crippen LogP contribution in [0.3, 0.4) is 0 Å². The van der Waals surface area contributed by atoms with E-state index in [1.807, 2.05) is 32.0 Å². The lowest BCUT2D eigenvalue weighted by Gasteiger charge is -2.15. The van der Waals surface area contributed by atoms with E-state index >= 15 is 0 Å². The van der Waals surface area contributed by atoms with Gasteiger partial charge in [0.05, 0.1) is 23.6 Å². The van der Waals surface area contributed by atoms with Gasteiger partial charge in [-0.05, 0) is 63.2 Å². The third kappa shape index (κ3) is 5.55. The summed E-state index contributed by atoms with van der Waals surface area (Å²) in [5.41, 5.74) is 3.27. The van der Waals surface area contributed by atoms with Crippen molar-refractivity contribution in [3.8, 4) is 5.95 Å². The molecule has 0 unspecified atom stereocenters. The second-order valence-corrected chi connectivity index (χ2v) is 8.54. The molecule has 0 aliphatic heterocycles. The van der Waals surface area contributed by atoms with Crippen molar-refractivity contribution in [2.24, 2.45) is 0 Å². The van der Waals surface area contributed by atoms with Crippen molar-refractivity contribution >= 4 is 45.0 Å². The second kappa shape index (κ2) is 10.5. The fourth-order valence-corrected chi connectivity index (χ4v) is 3.67. The largest absolute Gasteiger partial charge is 0.462 e. The topological polar surface area (TPSA) is 111 Å². The van der Waals surface area contributed by atoms with Gasteiger partial charge in [-0.1, -0.05) is 28.1 Å². The summed E-state index contributed by atoms with van der Waals surface area (Å²) in [6, 6.07) is 16.1. The van der Waals surface area contributed by atoms with E-state index in [-0.39, 0.29) is 29.8 Å². The molecule has 1 amide bonds. The first-order valence-electron chi connectivity index (χ1n) is 10.9. The van der Waals surface area contributed by atoms with Gasteiger partial charge in [0, 0.05) is 22.1 Å². The van der Waals surface area contributed by atoms with Crippen molar-refractivity contribution in [2.75, 3.05) is 17.2 Å². The molecule has 0 aliphatic rings. The van der Waals surface area contributed by atoms with Crippen LogP contribution in [0.25, 0.3) is 5.95 Å². The number of ether oxygens (including phenoxy) is 1. The van der Waals surface area contributed by atoms with E-state index < -0.39 is 5.97 Å². The smallest absolute Gasteiger partial charge is 0.343 e. The van der Waals surface area contributed by atoms with E-state index in [1.54, 1.807) is 48.0 Å². The third-order valence-electron chi connectivity index (χ3n) is 5.00. The number of amides is 1. The molecule has 4 aromatic rings. The van der Waals surface area contributed by atoms with Crippen LogP contribution in [0.1, 0.15) is 39.0 Å². The van der Waals surface area contributed by atoms with Crippen molar-refractivity contribution in [1.82, 2.24) is 19.7 Å². The maximum Gasteiger partial charge on any atom is 0.343 e. The van der Waals surface area contributed by atoms with Gasteiger partial charge in [-0.15, -0.1) is 0 Å². The molecule has 0 aliphatic carbocycles. The number of hydrogen-bond donors (Lipinski definition) is 2. The summed E-state index contributed by atoms with van der Waals surface area (Å²) in [4.78, 5) is 34.5. The zero-order chi connectivity index (χ0) is 24.9. The number of aryl methyl sites for hydroxylation is 2. The molecule has 0 atom stereocenters. The summed E-state index contributed by atoms with van der Waals surface area (Å²) in [5.74, 6) is -0.416. The fraction of sp³-hybridized carbons (Fsp3) is 0.160. The molecule has 0 fully saturated rings. The van der Waals surface area contributed by atoms with Crippen LogP contribution >= 0.6 is 15.9 Å². The molecule has 35 heavy (non-hydrogen) atoms. The van der Waals surface area contributed by atoms with Crippen LogP contribution in [-0.4, -0.2) is 38.2 Å². The predicted octanol–water partition coefficient (Wildman–Crippen LogP) is 5.21. The molecule has 178 valence electrons. The molecule has 0 saturated carbocycles. The first-order valence-corrected chi connectivity index (χ1v) is 11.7. The Morgan fingerprint density at radius 2 is 1.80 bits per heavy atom. The maximum absolute atomic E-state index is 13.1. The SMILES string of the molecule is CCOC(=O)c1cnc(-n2nc(C)cc2C)nc1Nc1ccccc1C(=O)Nc1ccc(Br)cc1. The van der Waals surface area contributed by atoms with E-state index in [9.17, 15) is 9.59 Å². The van der Waals surface area contributed by atoms with Crippen LogP contribution in [-0.2, 0) is 4.74 Å². The first kappa shape index (κ1) is 24.1. The van der Waals surface area contributed by atoms with Crippen molar-refractivity contribution in [2.45, 2.75) is 20.8 Å². The van der Waals surface area contributed by atoms with Gasteiger partial charge in [0.2, 0.25) is 0 Å². The number of carbonyl (C=O) groups is 2. The molecule has 10 heteroatoms. The number of esters is 1. The highest BCUT2D eigenvalue weighted by molar-refractivity contribution is 9.10. The second-order valence-electron chi connectivity index (χ2n) is 7.62. The minimum absolute atomic E-state index is 0.139. The Balaban J connectivity index is 1.71. The van der Waals surface area contributed by atoms with Gasteiger partial charge in [0.25, 0.3) is 11.9 Å². The van der Waals surface area contributed by atoms with Crippen molar-refractivity contribution in [3.05, 3.63) is 87.8 Å².